The number of hydrogen-bond acceptors (Lipinski definition) is 3. The van der Waals surface area contributed by atoms with Crippen molar-refractivity contribution >= 4 is 12.4 Å². The standard InChI is InChI=1S/C14H20NO2P/c1-18(2,16)13-5-3-11(4-6-13)17-12-7-14(8-12)9-15-10-14/h3-6,12,15H,7-10H2,1-2H3. The van der Waals surface area contributed by atoms with E-state index < -0.39 is 7.14 Å². The lowest BCUT2D eigenvalue weighted by Crippen LogP contribution is -2.62. The van der Waals surface area contributed by atoms with E-state index in [0.717, 1.165) is 24.1 Å². The zero-order valence-electron chi connectivity index (χ0n) is 11.0. The SMILES string of the molecule is CP(C)(=O)c1ccc(OC2CC3(CNC3)C2)cc1. The summed E-state index contributed by atoms with van der Waals surface area (Å²) in [6.07, 6.45) is 2.71. The molecule has 3 rings (SSSR count). The largest absolute Gasteiger partial charge is 0.490 e. The molecule has 0 unspecified atom stereocenters. The zero-order valence-corrected chi connectivity index (χ0v) is 11.9. The van der Waals surface area contributed by atoms with E-state index in [1.54, 1.807) is 13.3 Å². The maximum atomic E-state index is 11.9. The van der Waals surface area contributed by atoms with Gasteiger partial charge in [0.2, 0.25) is 0 Å². The molecule has 1 spiro atoms. The van der Waals surface area contributed by atoms with Gasteiger partial charge in [0, 0.05) is 23.8 Å². The van der Waals surface area contributed by atoms with Crippen LogP contribution in [0.15, 0.2) is 24.3 Å². The van der Waals surface area contributed by atoms with Crippen LogP contribution in [0.4, 0.5) is 0 Å². The van der Waals surface area contributed by atoms with Crippen LogP contribution in [-0.2, 0) is 4.57 Å². The molecule has 98 valence electrons. The number of rotatable bonds is 3. The number of ether oxygens (including phenoxy) is 1. The minimum absolute atomic E-state index is 0.369. The molecule has 2 aliphatic rings. The molecule has 0 atom stereocenters. The van der Waals surface area contributed by atoms with Crippen LogP contribution < -0.4 is 15.4 Å². The molecule has 1 saturated carbocycles. The average Bonchev–Trinajstić information content (AvgIpc) is 2.19. The minimum atomic E-state index is -2.15. The Morgan fingerprint density at radius 1 is 1.22 bits per heavy atom. The van der Waals surface area contributed by atoms with Crippen molar-refractivity contribution in [3.8, 4) is 5.75 Å². The maximum absolute atomic E-state index is 11.9. The lowest BCUT2D eigenvalue weighted by Gasteiger charge is -2.53. The van der Waals surface area contributed by atoms with Crippen LogP contribution in [0.2, 0.25) is 0 Å². The van der Waals surface area contributed by atoms with Crippen LogP contribution >= 0.6 is 7.14 Å². The Kier molecular flexibility index (Phi) is 2.80. The number of benzene rings is 1. The van der Waals surface area contributed by atoms with E-state index in [1.807, 2.05) is 24.3 Å². The molecule has 2 fully saturated rings. The van der Waals surface area contributed by atoms with Gasteiger partial charge in [0.15, 0.2) is 0 Å². The van der Waals surface area contributed by atoms with Crippen LogP contribution in [-0.4, -0.2) is 32.5 Å². The first-order valence-electron chi connectivity index (χ1n) is 6.50. The third-order valence-corrected chi connectivity index (χ3v) is 5.62. The van der Waals surface area contributed by atoms with Crippen LogP contribution in [0, 0.1) is 5.41 Å². The van der Waals surface area contributed by atoms with Crippen molar-refractivity contribution in [1.29, 1.82) is 0 Å². The lowest BCUT2D eigenvalue weighted by molar-refractivity contribution is -0.0495. The monoisotopic (exact) mass is 265 g/mol. The van der Waals surface area contributed by atoms with E-state index in [9.17, 15) is 4.57 Å². The molecule has 1 aliphatic carbocycles. The first-order chi connectivity index (χ1) is 8.47. The third kappa shape index (κ3) is 2.22. The summed E-state index contributed by atoms with van der Waals surface area (Å²) in [6, 6.07) is 7.74. The molecule has 0 aromatic heterocycles. The fourth-order valence-electron chi connectivity index (χ4n) is 2.83. The van der Waals surface area contributed by atoms with Crippen molar-refractivity contribution in [3.05, 3.63) is 24.3 Å². The van der Waals surface area contributed by atoms with E-state index in [1.165, 1.54) is 12.8 Å². The molecule has 18 heavy (non-hydrogen) atoms. The van der Waals surface area contributed by atoms with Crippen molar-refractivity contribution < 1.29 is 9.30 Å². The van der Waals surface area contributed by atoms with Gasteiger partial charge in [-0.2, -0.15) is 0 Å². The summed E-state index contributed by atoms with van der Waals surface area (Å²) in [6.45, 7) is 5.89. The number of nitrogens with one attached hydrogen (secondary N) is 1. The number of hydrogen-bond donors (Lipinski definition) is 1. The Labute approximate surface area is 108 Å². The molecule has 1 aromatic carbocycles. The summed E-state index contributed by atoms with van der Waals surface area (Å²) in [5.74, 6) is 0.902. The lowest BCUT2D eigenvalue weighted by atomic mass is 9.63. The fourth-order valence-corrected chi connectivity index (χ4v) is 3.70. The summed E-state index contributed by atoms with van der Waals surface area (Å²) in [5, 5.41) is 4.25. The molecule has 0 amide bonds. The molecule has 1 aliphatic heterocycles. The first kappa shape index (κ1) is 12.3. The minimum Gasteiger partial charge on any atom is -0.490 e. The molecule has 1 aromatic rings. The van der Waals surface area contributed by atoms with Crippen LogP contribution in [0.1, 0.15) is 12.8 Å². The molecule has 3 nitrogen and oxygen atoms in total. The molecule has 1 saturated heterocycles. The van der Waals surface area contributed by atoms with E-state index in [2.05, 4.69) is 5.32 Å². The smallest absolute Gasteiger partial charge is 0.119 e. The second-order valence-corrected chi connectivity index (χ2v) is 9.31. The Morgan fingerprint density at radius 3 is 2.28 bits per heavy atom. The fraction of sp³-hybridized carbons (Fsp3) is 0.571. The van der Waals surface area contributed by atoms with Gasteiger partial charge in [-0.15, -0.1) is 0 Å². The van der Waals surface area contributed by atoms with E-state index in [4.69, 9.17) is 4.74 Å². The van der Waals surface area contributed by atoms with Crippen LogP contribution in [0.3, 0.4) is 0 Å². The molecule has 1 N–H and O–H groups in total. The molecular weight excluding hydrogens is 245 g/mol. The molecule has 4 heteroatoms. The van der Waals surface area contributed by atoms with Gasteiger partial charge in [-0.3, -0.25) is 0 Å². The van der Waals surface area contributed by atoms with Crippen molar-refractivity contribution in [2.24, 2.45) is 5.41 Å². The molecular formula is C14H20NO2P. The summed E-state index contributed by atoms with van der Waals surface area (Å²) < 4.78 is 17.8. The highest BCUT2D eigenvalue weighted by Crippen LogP contribution is 2.45. The van der Waals surface area contributed by atoms with E-state index in [0.29, 0.717) is 11.5 Å². The zero-order chi connectivity index (χ0) is 12.8. The quantitative estimate of drug-likeness (QED) is 0.850. The summed E-state index contributed by atoms with van der Waals surface area (Å²) in [4.78, 5) is 0. The first-order valence-corrected chi connectivity index (χ1v) is 9.10. The van der Waals surface area contributed by atoms with Crippen LogP contribution in [0.5, 0.6) is 5.75 Å². The topological polar surface area (TPSA) is 38.3 Å². The van der Waals surface area contributed by atoms with Gasteiger partial charge in [-0.05, 0) is 50.4 Å². The predicted octanol–water partition coefficient (Wildman–Crippen LogP) is 2.07. The third-order valence-electron chi connectivity index (χ3n) is 4.08. The Morgan fingerprint density at radius 2 is 1.83 bits per heavy atom. The summed E-state index contributed by atoms with van der Waals surface area (Å²) in [5.41, 5.74) is 0.549. The second kappa shape index (κ2) is 4.11. The Bertz CT molecular complexity index is 479. The molecule has 1 heterocycles. The van der Waals surface area contributed by atoms with E-state index in [-0.39, 0.29) is 0 Å². The van der Waals surface area contributed by atoms with Crippen molar-refractivity contribution in [1.82, 2.24) is 5.32 Å². The summed E-state index contributed by atoms with van der Waals surface area (Å²) >= 11 is 0. The molecule has 0 bridgehead atoms. The van der Waals surface area contributed by atoms with Gasteiger partial charge < -0.3 is 14.6 Å². The Hall–Kier alpha value is -0.790. The predicted molar refractivity (Wildman–Crippen MR) is 74.5 cm³/mol. The summed E-state index contributed by atoms with van der Waals surface area (Å²) in [7, 11) is -2.15. The van der Waals surface area contributed by atoms with Gasteiger partial charge in [-0.25, -0.2) is 0 Å². The van der Waals surface area contributed by atoms with Gasteiger partial charge in [0.05, 0.1) is 6.10 Å². The van der Waals surface area contributed by atoms with Crippen molar-refractivity contribution in [2.45, 2.75) is 18.9 Å². The van der Waals surface area contributed by atoms with E-state index >= 15 is 0 Å². The van der Waals surface area contributed by atoms with Gasteiger partial charge >= 0.3 is 0 Å². The van der Waals surface area contributed by atoms with Crippen molar-refractivity contribution in [3.63, 3.8) is 0 Å². The maximum Gasteiger partial charge on any atom is 0.119 e. The van der Waals surface area contributed by atoms with Crippen LogP contribution in [0.25, 0.3) is 0 Å². The van der Waals surface area contributed by atoms with Gasteiger partial charge in [-0.1, -0.05) is 0 Å². The average molecular weight is 265 g/mol. The second-order valence-electron chi connectivity index (χ2n) is 6.10. The molecule has 0 radical (unpaired) electrons. The highest BCUT2D eigenvalue weighted by Gasteiger charge is 2.49. The highest BCUT2D eigenvalue weighted by atomic mass is 31.2. The van der Waals surface area contributed by atoms with Crippen molar-refractivity contribution in [2.75, 3.05) is 26.4 Å². The normalized spacial score (nSPS) is 22.3. The Balaban J connectivity index is 1.59. The highest BCUT2D eigenvalue weighted by molar-refractivity contribution is 7.70. The van der Waals surface area contributed by atoms with Gasteiger partial charge in [0.1, 0.15) is 12.9 Å². The van der Waals surface area contributed by atoms with Gasteiger partial charge in [0.25, 0.3) is 0 Å².